The Morgan fingerprint density at radius 1 is 1.10 bits per heavy atom. The minimum Gasteiger partial charge on any atom is -0.447 e. The molecular weight excluding hydrogens is 374 g/mol. The van der Waals surface area contributed by atoms with E-state index in [-0.39, 0.29) is 18.2 Å². The van der Waals surface area contributed by atoms with E-state index in [2.05, 4.69) is 47.6 Å². The number of carbonyl (C=O) groups is 1. The van der Waals surface area contributed by atoms with E-state index < -0.39 is 0 Å². The van der Waals surface area contributed by atoms with Crippen LogP contribution in [0.2, 0.25) is 0 Å². The highest BCUT2D eigenvalue weighted by Crippen LogP contribution is 2.25. The Morgan fingerprint density at radius 3 is 2.43 bits per heavy atom. The molecule has 0 unspecified atom stereocenters. The third-order valence-electron chi connectivity index (χ3n) is 6.05. The Bertz CT molecular complexity index is 814. The van der Waals surface area contributed by atoms with Crippen molar-refractivity contribution >= 4 is 6.09 Å². The van der Waals surface area contributed by atoms with Crippen molar-refractivity contribution < 1.29 is 9.53 Å². The molecule has 1 amide bonds. The van der Waals surface area contributed by atoms with E-state index in [0.29, 0.717) is 6.04 Å². The van der Waals surface area contributed by atoms with Crippen molar-refractivity contribution in [1.82, 2.24) is 15.2 Å². The minimum absolute atomic E-state index is 0.0753. The molecule has 5 nitrogen and oxygen atoms in total. The maximum atomic E-state index is 12.1. The molecule has 1 fully saturated rings. The molecule has 1 N–H and O–H groups in total. The predicted molar refractivity (Wildman–Crippen MR) is 121 cm³/mol. The minimum atomic E-state index is -0.207. The Labute approximate surface area is 180 Å². The summed E-state index contributed by atoms with van der Waals surface area (Å²) >= 11 is 0. The number of nitrogens with zero attached hydrogens (tertiary/aromatic N) is 2. The predicted octanol–water partition coefficient (Wildman–Crippen LogP) is 5.19. The lowest BCUT2D eigenvalue weighted by Crippen LogP contribution is -2.43. The number of amides is 1. The molecule has 0 spiro atoms. The summed E-state index contributed by atoms with van der Waals surface area (Å²) in [4.78, 5) is 18.1. The van der Waals surface area contributed by atoms with E-state index in [1.165, 1.54) is 22.3 Å². The van der Waals surface area contributed by atoms with Crippen molar-refractivity contribution in [2.75, 3.05) is 7.05 Å². The van der Waals surface area contributed by atoms with Crippen LogP contribution in [-0.2, 0) is 17.7 Å². The zero-order valence-electron chi connectivity index (χ0n) is 18.7. The quantitative estimate of drug-likeness (QED) is 0.684. The maximum Gasteiger partial charge on any atom is 0.410 e. The lowest BCUT2D eigenvalue weighted by atomic mass is 9.90. The number of aryl methyl sites for hydroxylation is 1. The molecule has 2 aromatic rings. The van der Waals surface area contributed by atoms with Crippen molar-refractivity contribution in [1.29, 1.82) is 0 Å². The first-order valence-electron chi connectivity index (χ1n) is 11.2. The summed E-state index contributed by atoms with van der Waals surface area (Å²) in [7, 11) is 1.86. The fraction of sp³-hybridized carbons (Fsp3) is 0.520. The molecule has 0 atom stereocenters. The van der Waals surface area contributed by atoms with Gasteiger partial charge in [0.15, 0.2) is 0 Å². The number of hydrogen-bond acceptors (Lipinski definition) is 4. The normalized spacial score (nSPS) is 19.0. The summed E-state index contributed by atoms with van der Waals surface area (Å²) in [5.74, 6) is 0. The van der Waals surface area contributed by atoms with Gasteiger partial charge in [0.2, 0.25) is 0 Å². The molecule has 0 aliphatic heterocycles. The first-order chi connectivity index (χ1) is 14.5. The Morgan fingerprint density at radius 2 is 1.80 bits per heavy atom. The molecule has 1 aliphatic carbocycles. The summed E-state index contributed by atoms with van der Waals surface area (Å²) in [6.07, 6.45) is 8.61. The van der Waals surface area contributed by atoms with Crippen molar-refractivity contribution in [2.24, 2.45) is 0 Å². The summed E-state index contributed by atoms with van der Waals surface area (Å²) in [5.41, 5.74) is 5.20. The Hall–Kier alpha value is -2.40. The van der Waals surface area contributed by atoms with Gasteiger partial charge >= 0.3 is 6.09 Å². The van der Waals surface area contributed by atoms with Crippen LogP contribution in [-0.4, -0.2) is 41.2 Å². The van der Waals surface area contributed by atoms with Crippen LogP contribution in [0.15, 0.2) is 42.7 Å². The number of hydrogen-bond donors (Lipinski definition) is 1. The van der Waals surface area contributed by atoms with Gasteiger partial charge in [-0.3, -0.25) is 4.98 Å². The van der Waals surface area contributed by atoms with Crippen LogP contribution in [0.4, 0.5) is 4.79 Å². The van der Waals surface area contributed by atoms with Crippen LogP contribution in [0.1, 0.15) is 57.6 Å². The van der Waals surface area contributed by atoms with E-state index >= 15 is 0 Å². The average molecular weight is 410 g/mol. The largest absolute Gasteiger partial charge is 0.447 e. The van der Waals surface area contributed by atoms with Crippen molar-refractivity contribution in [3.05, 3.63) is 53.9 Å². The smallest absolute Gasteiger partial charge is 0.410 e. The molecule has 0 bridgehead atoms. The summed E-state index contributed by atoms with van der Waals surface area (Å²) in [5, 5.41) is 3.77. The number of benzene rings is 1. The van der Waals surface area contributed by atoms with Crippen LogP contribution in [0.5, 0.6) is 0 Å². The van der Waals surface area contributed by atoms with Crippen molar-refractivity contribution in [2.45, 2.75) is 77.6 Å². The first-order valence-corrected chi connectivity index (χ1v) is 11.2. The monoisotopic (exact) mass is 409 g/mol. The highest BCUT2D eigenvalue weighted by atomic mass is 16.6. The van der Waals surface area contributed by atoms with E-state index in [1.807, 2.05) is 33.3 Å². The maximum absolute atomic E-state index is 12.1. The highest BCUT2D eigenvalue weighted by molar-refractivity contribution is 5.67. The number of aromatic nitrogens is 1. The topological polar surface area (TPSA) is 54.5 Å². The van der Waals surface area contributed by atoms with Crippen LogP contribution < -0.4 is 5.32 Å². The van der Waals surface area contributed by atoms with E-state index in [9.17, 15) is 4.79 Å². The molecule has 1 aliphatic rings. The fourth-order valence-corrected chi connectivity index (χ4v) is 4.21. The van der Waals surface area contributed by atoms with Crippen molar-refractivity contribution in [3.63, 3.8) is 0 Å². The molecule has 1 saturated carbocycles. The molecule has 1 aromatic carbocycles. The van der Waals surface area contributed by atoms with Gasteiger partial charge in [0.1, 0.15) is 0 Å². The molecule has 0 radical (unpaired) electrons. The standard InChI is InChI=1S/C25H35N3O2/c1-5-19-6-7-21(20-12-14-26-15-13-20)16-22(19)17-27-23-8-10-24(11-9-23)28(4)25(29)30-18(2)3/h6-7,12-16,18,23-24,27H,5,8-11,17H2,1-4H3/t23-,24-. The molecule has 162 valence electrons. The van der Waals surface area contributed by atoms with Gasteiger partial charge in [0.05, 0.1) is 6.10 Å². The van der Waals surface area contributed by atoms with E-state index in [1.54, 1.807) is 4.90 Å². The van der Waals surface area contributed by atoms with Gasteiger partial charge in [-0.2, -0.15) is 0 Å². The highest BCUT2D eigenvalue weighted by Gasteiger charge is 2.27. The Kier molecular flexibility index (Phi) is 7.86. The molecule has 1 heterocycles. The molecule has 0 saturated heterocycles. The van der Waals surface area contributed by atoms with Gasteiger partial charge < -0.3 is 15.0 Å². The second-order valence-electron chi connectivity index (χ2n) is 8.50. The SMILES string of the molecule is CCc1ccc(-c2ccncc2)cc1CN[C@H]1CC[C@H](N(C)C(=O)OC(C)C)CC1. The van der Waals surface area contributed by atoms with Gasteiger partial charge in [0.25, 0.3) is 0 Å². The summed E-state index contributed by atoms with van der Waals surface area (Å²) in [6, 6.07) is 11.6. The molecule has 3 rings (SSSR count). The van der Waals surface area contributed by atoms with Crippen LogP contribution in [0.3, 0.4) is 0 Å². The van der Waals surface area contributed by atoms with Crippen LogP contribution in [0.25, 0.3) is 11.1 Å². The Balaban J connectivity index is 1.56. The van der Waals surface area contributed by atoms with Gasteiger partial charge in [0, 0.05) is 38.1 Å². The number of ether oxygens (including phenoxy) is 1. The van der Waals surface area contributed by atoms with Crippen LogP contribution in [0, 0.1) is 0 Å². The molecular formula is C25H35N3O2. The van der Waals surface area contributed by atoms with E-state index in [4.69, 9.17) is 4.74 Å². The third-order valence-corrected chi connectivity index (χ3v) is 6.05. The zero-order chi connectivity index (χ0) is 21.5. The zero-order valence-corrected chi connectivity index (χ0v) is 18.7. The van der Waals surface area contributed by atoms with Gasteiger partial charge in [-0.15, -0.1) is 0 Å². The number of carbonyl (C=O) groups excluding carboxylic acids is 1. The first kappa shape index (κ1) is 22.3. The fourth-order valence-electron chi connectivity index (χ4n) is 4.21. The second kappa shape index (κ2) is 10.6. The summed E-state index contributed by atoms with van der Waals surface area (Å²) < 4.78 is 5.34. The second-order valence-corrected chi connectivity index (χ2v) is 8.50. The third kappa shape index (κ3) is 5.82. The molecule has 1 aromatic heterocycles. The lowest BCUT2D eigenvalue weighted by Gasteiger charge is -2.35. The van der Waals surface area contributed by atoms with Gasteiger partial charge in [-0.05, 0) is 86.4 Å². The van der Waals surface area contributed by atoms with Crippen LogP contribution >= 0.6 is 0 Å². The number of nitrogens with one attached hydrogen (secondary N) is 1. The van der Waals surface area contributed by atoms with Gasteiger partial charge in [-0.1, -0.05) is 19.1 Å². The lowest BCUT2D eigenvalue weighted by molar-refractivity contribution is 0.0644. The van der Waals surface area contributed by atoms with E-state index in [0.717, 1.165) is 38.6 Å². The number of pyridine rings is 1. The average Bonchev–Trinajstić information content (AvgIpc) is 2.77. The van der Waals surface area contributed by atoms with Crippen molar-refractivity contribution in [3.8, 4) is 11.1 Å². The number of rotatable bonds is 7. The molecule has 5 heteroatoms. The molecule has 30 heavy (non-hydrogen) atoms. The summed E-state index contributed by atoms with van der Waals surface area (Å²) in [6.45, 7) is 6.87. The van der Waals surface area contributed by atoms with Gasteiger partial charge in [-0.25, -0.2) is 4.79 Å².